The van der Waals surface area contributed by atoms with Crippen LogP contribution in [0.4, 0.5) is 5.69 Å². The lowest BCUT2D eigenvalue weighted by Gasteiger charge is -2.10. The van der Waals surface area contributed by atoms with Crippen LogP contribution in [0, 0.1) is 6.92 Å². The lowest BCUT2D eigenvalue weighted by molar-refractivity contribution is 1.02. The van der Waals surface area contributed by atoms with Crippen LogP contribution in [0.3, 0.4) is 0 Å². The molecule has 0 aliphatic heterocycles. The molecule has 0 fully saturated rings. The summed E-state index contributed by atoms with van der Waals surface area (Å²) in [6.45, 7) is 2.00. The fourth-order valence-electron chi connectivity index (χ4n) is 1.50. The third-order valence-electron chi connectivity index (χ3n) is 2.18. The van der Waals surface area contributed by atoms with Crippen LogP contribution in [-0.2, 0) is 0 Å². The molecule has 1 aliphatic carbocycles. The summed E-state index contributed by atoms with van der Waals surface area (Å²) in [6.07, 6.45) is 10.6. The van der Waals surface area contributed by atoms with E-state index in [0.717, 1.165) is 24.2 Å². The van der Waals surface area contributed by atoms with Crippen molar-refractivity contribution in [3.05, 3.63) is 47.9 Å². The number of rotatable bonds is 2. The van der Waals surface area contributed by atoms with Crippen molar-refractivity contribution in [3.8, 4) is 0 Å². The van der Waals surface area contributed by atoms with E-state index in [0.29, 0.717) is 0 Å². The zero-order chi connectivity index (χ0) is 9.80. The topological polar surface area (TPSA) is 24.9 Å². The van der Waals surface area contributed by atoms with Crippen LogP contribution < -0.4 is 5.32 Å². The third-order valence-corrected chi connectivity index (χ3v) is 2.18. The molecule has 0 radical (unpaired) electrons. The molecular formula is C12H14N2. The number of anilines is 1. The summed E-state index contributed by atoms with van der Waals surface area (Å²) in [5.41, 5.74) is 3.33. The molecule has 0 amide bonds. The van der Waals surface area contributed by atoms with Gasteiger partial charge in [-0.2, -0.15) is 0 Å². The highest BCUT2D eigenvalue weighted by Gasteiger charge is 1.98. The van der Waals surface area contributed by atoms with Crippen LogP contribution in [-0.4, -0.2) is 4.98 Å². The first-order chi connectivity index (χ1) is 6.84. The Labute approximate surface area is 84.4 Å². The molecule has 1 aromatic heterocycles. The Balaban J connectivity index is 2.10. The zero-order valence-electron chi connectivity index (χ0n) is 8.33. The first kappa shape index (κ1) is 9.00. The molecule has 2 nitrogen and oxygen atoms in total. The Morgan fingerprint density at radius 3 is 3.00 bits per heavy atom. The molecule has 1 aromatic rings. The van der Waals surface area contributed by atoms with Crippen LogP contribution in [0.1, 0.15) is 18.5 Å². The van der Waals surface area contributed by atoms with E-state index in [2.05, 4.69) is 28.5 Å². The largest absolute Gasteiger partial charge is 0.356 e. The summed E-state index contributed by atoms with van der Waals surface area (Å²) < 4.78 is 0. The number of hydrogen-bond donors (Lipinski definition) is 1. The Hall–Kier alpha value is -1.57. The van der Waals surface area contributed by atoms with Gasteiger partial charge in [-0.15, -0.1) is 0 Å². The quantitative estimate of drug-likeness (QED) is 0.767. The molecule has 0 spiro atoms. The number of aromatic nitrogens is 1. The molecule has 0 saturated heterocycles. The van der Waals surface area contributed by atoms with Crippen LogP contribution in [0.5, 0.6) is 0 Å². The predicted molar refractivity (Wildman–Crippen MR) is 59.1 cm³/mol. The molecule has 1 aliphatic rings. The Kier molecular flexibility index (Phi) is 2.63. The highest BCUT2D eigenvalue weighted by atomic mass is 14.9. The lowest BCUT2D eigenvalue weighted by atomic mass is 10.1. The molecule has 1 N–H and O–H groups in total. The molecule has 2 heteroatoms. The predicted octanol–water partition coefficient (Wildman–Crippen LogP) is 3.04. The molecule has 2 rings (SSSR count). The zero-order valence-corrected chi connectivity index (χ0v) is 8.33. The third kappa shape index (κ3) is 2.22. The van der Waals surface area contributed by atoms with E-state index >= 15 is 0 Å². The minimum Gasteiger partial charge on any atom is -0.356 e. The molecule has 0 saturated carbocycles. The van der Waals surface area contributed by atoms with Gasteiger partial charge in [0.2, 0.25) is 0 Å². The number of nitrogens with one attached hydrogen (secondary N) is 1. The Morgan fingerprint density at radius 1 is 1.36 bits per heavy atom. The fraction of sp³-hybridized carbons (Fsp3) is 0.250. The molecule has 0 unspecified atom stereocenters. The van der Waals surface area contributed by atoms with E-state index in [1.165, 1.54) is 5.70 Å². The van der Waals surface area contributed by atoms with Gasteiger partial charge in [0, 0.05) is 23.3 Å². The second-order valence-electron chi connectivity index (χ2n) is 3.45. The Morgan fingerprint density at radius 2 is 2.29 bits per heavy atom. The van der Waals surface area contributed by atoms with Crippen molar-refractivity contribution in [2.45, 2.75) is 19.8 Å². The maximum atomic E-state index is 4.16. The summed E-state index contributed by atoms with van der Waals surface area (Å²) >= 11 is 0. The highest BCUT2D eigenvalue weighted by molar-refractivity contribution is 5.51. The molecule has 0 atom stereocenters. The van der Waals surface area contributed by atoms with Crippen molar-refractivity contribution in [3.63, 3.8) is 0 Å². The fourth-order valence-corrected chi connectivity index (χ4v) is 1.50. The summed E-state index contributed by atoms with van der Waals surface area (Å²) in [7, 11) is 0. The second kappa shape index (κ2) is 4.09. The number of pyridine rings is 1. The molecule has 1 heterocycles. The van der Waals surface area contributed by atoms with Crippen LogP contribution in [0.25, 0.3) is 0 Å². The van der Waals surface area contributed by atoms with Crippen LogP contribution >= 0.6 is 0 Å². The normalized spacial score (nSPS) is 15.1. The monoisotopic (exact) mass is 186 g/mol. The van der Waals surface area contributed by atoms with Gasteiger partial charge >= 0.3 is 0 Å². The minimum atomic E-state index is 1.04. The molecule has 0 aromatic carbocycles. The van der Waals surface area contributed by atoms with Crippen molar-refractivity contribution in [2.75, 3.05) is 5.32 Å². The van der Waals surface area contributed by atoms with Crippen LogP contribution in [0.2, 0.25) is 0 Å². The van der Waals surface area contributed by atoms with Crippen molar-refractivity contribution >= 4 is 5.69 Å². The second-order valence-corrected chi connectivity index (χ2v) is 3.45. The van der Waals surface area contributed by atoms with Gasteiger partial charge in [-0.1, -0.05) is 12.2 Å². The highest BCUT2D eigenvalue weighted by Crippen LogP contribution is 2.14. The maximum Gasteiger partial charge on any atom is 0.0417 e. The minimum absolute atomic E-state index is 1.04. The number of allylic oxidation sites excluding steroid dienone is 3. The molecular weight excluding hydrogens is 172 g/mol. The van der Waals surface area contributed by atoms with Gasteiger partial charge in [0.05, 0.1) is 0 Å². The molecule has 72 valence electrons. The van der Waals surface area contributed by atoms with Gasteiger partial charge in [-0.25, -0.2) is 0 Å². The SMILES string of the molecule is Cc1cc(NC2=CCCC=C2)ccn1. The van der Waals surface area contributed by atoms with Crippen molar-refractivity contribution < 1.29 is 0 Å². The standard InChI is InChI=1S/C12H14N2/c1-10-9-12(7-8-13-10)14-11-5-3-2-4-6-11/h3,5-9H,2,4H2,1H3,(H,13,14). The Bertz CT molecular complexity index is 378. The van der Waals surface area contributed by atoms with Gasteiger partial charge < -0.3 is 5.32 Å². The van der Waals surface area contributed by atoms with Crippen molar-refractivity contribution in [2.24, 2.45) is 0 Å². The first-order valence-electron chi connectivity index (χ1n) is 4.91. The first-order valence-corrected chi connectivity index (χ1v) is 4.91. The summed E-state index contributed by atoms with van der Waals surface area (Å²) in [4.78, 5) is 4.16. The summed E-state index contributed by atoms with van der Waals surface area (Å²) in [5.74, 6) is 0. The smallest absolute Gasteiger partial charge is 0.0417 e. The van der Waals surface area contributed by atoms with Gasteiger partial charge in [0.15, 0.2) is 0 Å². The van der Waals surface area contributed by atoms with Crippen molar-refractivity contribution in [1.82, 2.24) is 4.98 Å². The van der Waals surface area contributed by atoms with E-state index in [-0.39, 0.29) is 0 Å². The molecule has 14 heavy (non-hydrogen) atoms. The van der Waals surface area contributed by atoms with Crippen molar-refractivity contribution in [1.29, 1.82) is 0 Å². The summed E-state index contributed by atoms with van der Waals surface area (Å²) in [5, 5.41) is 3.36. The lowest BCUT2D eigenvalue weighted by Crippen LogP contribution is -1.99. The molecule has 0 bridgehead atoms. The number of hydrogen-bond acceptors (Lipinski definition) is 2. The number of nitrogens with zero attached hydrogens (tertiary/aromatic N) is 1. The van der Waals surface area contributed by atoms with E-state index in [1.54, 1.807) is 0 Å². The number of aryl methyl sites for hydroxylation is 1. The van der Waals surface area contributed by atoms with Gasteiger partial charge in [0.25, 0.3) is 0 Å². The van der Waals surface area contributed by atoms with E-state index < -0.39 is 0 Å². The van der Waals surface area contributed by atoms with E-state index in [9.17, 15) is 0 Å². The maximum absolute atomic E-state index is 4.16. The van der Waals surface area contributed by atoms with E-state index in [4.69, 9.17) is 0 Å². The van der Waals surface area contributed by atoms with E-state index in [1.807, 2.05) is 25.3 Å². The summed E-state index contributed by atoms with van der Waals surface area (Å²) in [6, 6.07) is 4.03. The average Bonchev–Trinajstić information content (AvgIpc) is 2.19. The average molecular weight is 186 g/mol. The van der Waals surface area contributed by atoms with Gasteiger partial charge in [-0.3, -0.25) is 4.98 Å². The van der Waals surface area contributed by atoms with Gasteiger partial charge in [-0.05, 0) is 38.0 Å². The van der Waals surface area contributed by atoms with Gasteiger partial charge in [0.1, 0.15) is 0 Å². The van der Waals surface area contributed by atoms with Crippen LogP contribution in [0.15, 0.2) is 42.3 Å².